The number of unbranched alkanes of at least 4 members (excludes halogenated alkanes) is 1. The summed E-state index contributed by atoms with van der Waals surface area (Å²) in [5.74, 6) is -0.688. The Balaban J connectivity index is 2.08. The van der Waals surface area contributed by atoms with Crippen molar-refractivity contribution in [2.45, 2.75) is 19.8 Å². The Morgan fingerprint density at radius 2 is 1.72 bits per heavy atom. The fraction of sp³-hybridized carbons (Fsp3) is 0.222. The van der Waals surface area contributed by atoms with E-state index in [1.54, 1.807) is 24.3 Å². The largest absolute Gasteiger partial charge is 0.352 e. The highest BCUT2D eigenvalue weighted by Gasteiger charge is 2.12. The Labute approximate surface area is 145 Å². The maximum absolute atomic E-state index is 12.2. The van der Waals surface area contributed by atoms with E-state index < -0.39 is 10.8 Å². The van der Waals surface area contributed by atoms with Crippen LogP contribution in [0.15, 0.2) is 48.5 Å². The molecule has 130 valence electrons. The van der Waals surface area contributed by atoms with Gasteiger partial charge in [-0.05, 0) is 30.7 Å². The van der Waals surface area contributed by atoms with Gasteiger partial charge in [0, 0.05) is 35.5 Å². The number of rotatable bonds is 7. The van der Waals surface area contributed by atoms with Gasteiger partial charge in [0.1, 0.15) is 0 Å². The first-order chi connectivity index (χ1) is 12.0. The normalized spacial score (nSPS) is 10.1. The third-order valence-corrected chi connectivity index (χ3v) is 3.52. The van der Waals surface area contributed by atoms with Crippen LogP contribution >= 0.6 is 0 Å². The zero-order chi connectivity index (χ0) is 18.2. The first-order valence-corrected chi connectivity index (χ1v) is 7.95. The number of amides is 2. The summed E-state index contributed by atoms with van der Waals surface area (Å²) in [4.78, 5) is 34.5. The molecule has 2 amide bonds. The number of nitrogens with one attached hydrogen (secondary N) is 2. The van der Waals surface area contributed by atoms with Crippen molar-refractivity contribution in [1.82, 2.24) is 5.32 Å². The molecule has 7 heteroatoms. The summed E-state index contributed by atoms with van der Waals surface area (Å²) in [6.45, 7) is 2.63. The smallest absolute Gasteiger partial charge is 0.270 e. The van der Waals surface area contributed by atoms with Gasteiger partial charge in [0.25, 0.3) is 17.5 Å². The molecular weight excluding hydrogens is 322 g/mol. The van der Waals surface area contributed by atoms with E-state index in [9.17, 15) is 19.7 Å². The van der Waals surface area contributed by atoms with Gasteiger partial charge < -0.3 is 10.6 Å². The van der Waals surface area contributed by atoms with Crippen molar-refractivity contribution in [3.05, 3.63) is 69.8 Å². The van der Waals surface area contributed by atoms with Crippen LogP contribution in [-0.2, 0) is 0 Å². The zero-order valence-electron chi connectivity index (χ0n) is 13.8. The number of nitrogens with zero attached hydrogens (tertiary/aromatic N) is 1. The van der Waals surface area contributed by atoms with Gasteiger partial charge in [-0.25, -0.2) is 0 Å². The third kappa shape index (κ3) is 5.13. The van der Waals surface area contributed by atoms with Crippen LogP contribution in [0.2, 0.25) is 0 Å². The average Bonchev–Trinajstić information content (AvgIpc) is 2.62. The van der Waals surface area contributed by atoms with E-state index in [-0.39, 0.29) is 17.2 Å². The maximum atomic E-state index is 12.2. The molecule has 0 radical (unpaired) electrons. The molecular formula is C18H19N3O4. The molecule has 0 spiro atoms. The van der Waals surface area contributed by atoms with Crippen LogP contribution in [-0.4, -0.2) is 23.3 Å². The molecule has 0 heterocycles. The number of hydrogen-bond donors (Lipinski definition) is 2. The molecule has 0 aliphatic rings. The highest BCUT2D eigenvalue weighted by atomic mass is 16.6. The van der Waals surface area contributed by atoms with Gasteiger partial charge >= 0.3 is 0 Å². The lowest BCUT2D eigenvalue weighted by Gasteiger charge is -2.08. The number of carbonyl (C=O) groups excluding carboxylic acids is 2. The van der Waals surface area contributed by atoms with Gasteiger partial charge in [0.2, 0.25) is 0 Å². The van der Waals surface area contributed by atoms with Crippen molar-refractivity contribution in [2.75, 3.05) is 11.9 Å². The van der Waals surface area contributed by atoms with E-state index in [2.05, 4.69) is 10.6 Å². The van der Waals surface area contributed by atoms with Crippen LogP contribution in [0.1, 0.15) is 40.5 Å². The lowest BCUT2D eigenvalue weighted by Crippen LogP contribution is -2.24. The summed E-state index contributed by atoms with van der Waals surface area (Å²) in [5, 5.41) is 16.2. The summed E-state index contributed by atoms with van der Waals surface area (Å²) in [6, 6.07) is 12.0. The van der Waals surface area contributed by atoms with Crippen LogP contribution in [0, 0.1) is 10.1 Å². The standard InChI is InChI=1S/C18H19N3O4/c1-2-3-10-19-17(22)13-6-4-8-15(11-13)20-18(23)14-7-5-9-16(12-14)21(24)25/h4-9,11-12H,2-3,10H2,1H3,(H,19,22)(H,20,23). The number of benzene rings is 2. The van der Waals surface area contributed by atoms with Gasteiger partial charge in [-0.15, -0.1) is 0 Å². The van der Waals surface area contributed by atoms with E-state index in [1.807, 2.05) is 6.92 Å². The molecule has 0 aromatic heterocycles. The number of anilines is 1. The van der Waals surface area contributed by atoms with Crippen molar-refractivity contribution in [2.24, 2.45) is 0 Å². The molecule has 0 atom stereocenters. The lowest BCUT2D eigenvalue weighted by molar-refractivity contribution is -0.384. The van der Waals surface area contributed by atoms with E-state index in [0.29, 0.717) is 17.8 Å². The molecule has 0 unspecified atom stereocenters. The zero-order valence-corrected chi connectivity index (χ0v) is 13.8. The third-order valence-electron chi connectivity index (χ3n) is 3.52. The predicted octanol–water partition coefficient (Wildman–Crippen LogP) is 3.38. The van der Waals surface area contributed by atoms with E-state index >= 15 is 0 Å². The molecule has 2 aromatic carbocycles. The van der Waals surface area contributed by atoms with E-state index in [1.165, 1.54) is 24.3 Å². The fourth-order valence-corrected chi connectivity index (χ4v) is 2.18. The maximum Gasteiger partial charge on any atom is 0.270 e. The number of nitro benzene ring substituents is 1. The minimum absolute atomic E-state index is 0.156. The highest BCUT2D eigenvalue weighted by Crippen LogP contribution is 2.16. The summed E-state index contributed by atoms with van der Waals surface area (Å²) in [5.41, 5.74) is 0.899. The van der Waals surface area contributed by atoms with Gasteiger partial charge in [-0.2, -0.15) is 0 Å². The summed E-state index contributed by atoms with van der Waals surface area (Å²) in [6.07, 6.45) is 1.88. The van der Waals surface area contributed by atoms with Crippen molar-refractivity contribution in [1.29, 1.82) is 0 Å². The van der Waals surface area contributed by atoms with Crippen LogP contribution < -0.4 is 10.6 Å². The quantitative estimate of drug-likeness (QED) is 0.458. The second-order valence-electron chi connectivity index (χ2n) is 5.45. The SMILES string of the molecule is CCCCNC(=O)c1cccc(NC(=O)c2cccc([N+](=O)[O-])c2)c1. The number of non-ortho nitro benzene ring substituents is 1. The van der Waals surface area contributed by atoms with Gasteiger partial charge in [-0.1, -0.05) is 25.5 Å². The van der Waals surface area contributed by atoms with E-state index in [0.717, 1.165) is 12.8 Å². The molecule has 2 aromatic rings. The Morgan fingerprint density at radius 3 is 2.40 bits per heavy atom. The van der Waals surface area contributed by atoms with Crippen LogP contribution in [0.4, 0.5) is 11.4 Å². The first kappa shape index (κ1) is 18.1. The molecule has 2 rings (SSSR count). The number of carbonyl (C=O) groups is 2. The molecule has 7 nitrogen and oxygen atoms in total. The topological polar surface area (TPSA) is 101 Å². The van der Waals surface area contributed by atoms with Gasteiger partial charge in [0.15, 0.2) is 0 Å². The Bertz CT molecular complexity index is 789. The lowest BCUT2D eigenvalue weighted by atomic mass is 10.1. The van der Waals surface area contributed by atoms with Crippen molar-refractivity contribution in [3.63, 3.8) is 0 Å². The fourth-order valence-electron chi connectivity index (χ4n) is 2.18. The summed E-state index contributed by atoms with van der Waals surface area (Å²) < 4.78 is 0. The molecule has 0 bridgehead atoms. The van der Waals surface area contributed by atoms with Crippen molar-refractivity contribution in [3.8, 4) is 0 Å². The molecule has 0 fully saturated rings. The van der Waals surface area contributed by atoms with Crippen LogP contribution in [0.5, 0.6) is 0 Å². The van der Waals surface area contributed by atoms with E-state index in [4.69, 9.17) is 0 Å². The van der Waals surface area contributed by atoms with Crippen molar-refractivity contribution < 1.29 is 14.5 Å². The van der Waals surface area contributed by atoms with Gasteiger partial charge in [-0.3, -0.25) is 19.7 Å². The van der Waals surface area contributed by atoms with Gasteiger partial charge in [0.05, 0.1) is 4.92 Å². The number of hydrogen-bond acceptors (Lipinski definition) is 4. The minimum atomic E-state index is -0.557. The summed E-state index contributed by atoms with van der Waals surface area (Å²) in [7, 11) is 0. The molecule has 0 aliphatic heterocycles. The molecule has 0 saturated heterocycles. The van der Waals surface area contributed by atoms with Crippen LogP contribution in [0.25, 0.3) is 0 Å². The Kier molecular flexibility index (Phi) is 6.22. The Hall–Kier alpha value is -3.22. The molecule has 25 heavy (non-hydrogen) atoms. The second-order valence-corrected chi connectivity index (χ2v) is 5.45. The second kappa shape index (κ2) is 8.58. The molecule has 2 N–H and O–H groups in total. The first-order valence-electron chi connectivity index (χ1n) is 7.95. The highest BCUT2D eigenvalue weighted by molar-refractivity contribution is 6.05. The predicted molar refractivity (Wildman–Crippen MR) is 94.7 cm³/mol. The molecule has 0 aliphatic carbocycles. The Morgan fingerprint density at radius 1 is 1.04 bits per heavy atom. The van der Waals surface area contributed by atoms with Crippen molar-refractivity contribution >= 4 is 23.2 Å². The molecule has 0 saturated carbocycles. The minimum Gasteiger partial charge on any atom is -0.352 e. The monoisotopic (exact) mass is 341 g/mol. The number of nitro groups is 1. The average molecular weight is 341 g/mol. The van der Waals surface area contributed by atoms with Crippen LogP contribution in [0.3, 0.4) is 0 Å². The summed E-state index contributed by atoms with van der Waals surface area (Å²) >= 11 is 0.